The van der Waals surface area contributed by atoms with Gasteiger partial charge in [0.05, 0.1) is 17.2 Å². The molecule has 0 aliphatic heterocycles. The lowest BCUT2D eigenvalue weighted by Crippen LogP contribution is -2.42. The second kappa shape index (κ2) is 6.66. The fourth-order valence-electron chi connectivity index (χ4n) is 1.92. The first-order valence-electron chi connectivity index (χ1n) is 6.65. The lowest BCUT2D eigenvalue weighted by Gasteiger charge is -2.08. The van der Waals surface area contributed by atoms with Crippen molar-refractivity contribution in [1.82, 2.24) is 20.2 Å². The Morgan fingerprint density at radius 1 is 1.41 bits per heavy atom. The molecule has 2 rings (SSSR count). The Morgan fingerprint density at radius 3 is 2.91 bits per heavy atom. The summed E-state index contributed by atoms with van der Waals surface area (Å²) < 4.78 is 1.16. The predicted molar refractivity (Wildman–Crippen MR) is 82.5 cm³/mol. The molecule has 2 aromatic rings. The summed E-state index contributed by atoms with van der Waals surface area (Å²) in [5, 5.41) is 4.97. The van der Waals surface area contributed by atoms with E-state index in [0.717, 1.165) is 10.1 Å². The number of fused-ring (bicyclic) bond motifs is 1. The number of carbonyl (C=O) groups is 2. The Hall–Kier alpha value is -2.96. The molecule has 22 heavy (non-hydrogen) atoms. The minimum absolute atomic E-state index is 0.246. The van der Waals surface area contributed by atoms with E-state index in [-0.39, 0.29) is 18.6 Å². The van der Waals surface area contributed by atoms with Gasteiger partial charge >= 0.3 is 6.03 Å². The molecule has 0 aliphatic carbocycles. The molecule has 3 amide bonds. The average Bonchev–Trinajstić information content (AvgIpc) is 2.48. The minimum atomic E-state index is -0.637. The number of hydrogen-bond donors (Lipinski definition) is 2. The maximum absolute atomic E-state index is 12.3. The van der Waals surface area contributed by atoms with Gasteiger partial charge in [0.1, 0.15) is 6.54 Å². The maximum atomic E-state index is 12.3. The number of aryl methyl sites for hydroxylation is 1. The first-order valence-corrected chi connectivity index (χ1v) is 6.65. The minimum Gasteiger partial charge on any atom is -0.334 e. The number of nitrogens with zero attached hydrogens (tertiary/aromatic N) is 2. The van der Waals surface area contributed by atoms with Crippen molar-refractivity contribution in [1.29, 1.82) is 0 Å². The van der Waals surface area contributed by atoms with Gasteiger partial charge in [-0.15, -0.1) is 6.58 Å². The Bertz CT molecular complexity index is 795. The fraction of sp³-hybridized carbons (Fsp3) is 0.200. The van der Waals surface area contributed by atoms with Gasteiger partial charge in [-0.1, -0.05) is 17.7 Å². The number of aromatic nitrogens is 2. The van der Waals surface area contributed by atoms with E-state index >= 15 is 0 Å². The zero-order valence-corrected chi connectivity index (χ0v) is 12.1. The van der Waals surface area contributed by atoms with Gasteiger partial charge in [-0.3, -0.25) is 19.5 Å². The second-order valence-corrected chi connectivity index (χ2v) is 4.75. The molecule has 7 nitrogen and oxygen atoms in total. The van der Waals surface area contributed by atoms with Gasteiger partial charge in [-0.2, -0.15) is 0 Å². The fourth-order valence-corrected chi connectivity index (χ4v) is 1.92. The summed E-state index contributed by atoms with van der Waals surface area (Å²) in [4.78, 5) is 39.5. The molecule has 1 heterocycles. The molecule has 7 heteroatoms. The van der Waals surface area contributed by atoms with E-state index in [1.54, 1.807) is 12.1 Å². The van der Waals surface area contributed by atoms with Crippen LogP contribution in [0.5, 0.6) is 0 Å². The van der Waals surface area contributed by atoms with E-state index in [2.05, 4.69) is 22.2 Å². The van der Waals surface area contributed by atoms with E-state index < -0.39 is 11.9 Å². The van der Waals surface area contributed by atoms with E-state index in [4.69, 9.17) is 0 Å². The molecule has 0 saturated carbocycles. The zero-order chi connectivity index (χ0) is 16.1. The van der Waals surface area contributed by atoms with Gasteiger partial charge in [-0.05, 0) is 19.1 Å². The molecule has 114 valence electrons. The number of urea groups is 1. The first-order chi connectivity index (χ1) is 10.5. The number of imide groups is 1. The number of amides is 3. The average molecular weight is 300 g/mol. The molecule has 0 spiro atoms. The molecule has 0 radical (unpaired) electrons. The normalized spacial score (nSPS) is 10.2. The van der Waals surface area contributed by atoms with Crippen LogP contribution in [0.15, 0.2) is 42.0 Å². The largest absolute Gasteiger partial charge is 0.334 e. The molecule has 0 saturated heterocycles. The number of rotatable bonds is 4. The summed E-state index contributed by atoms with van der Waals surface area (Å²) in [7, 11) is 0. The summed E-state index contributed by atoms with van der Waals surface area (Å²) in [6, 6.07) is 4.69. The van der Waals surface area contributed by atoms with Gasteiger partial charge in [0, 0.05) is 6.54 Å². The highest BCUT2D eigenvalue weighted by Crippen LogP contribution is 2.08. The van der Waals surface area contributed by atoms with Crippen molar-refractivity contribution in [3.05, 3.63) is 53.1 Å². The topological polar surface area (TPSA) is 93.1 Å². The molecule has 0 bridgehead atoms. The Balaban J connectivity index is 2.16. The molecule has 0 fully saturated rings. The van der Waals surface area contributed by atoms with Crippen molar-refractivity contribution in [3.8, 4) is 0 Å². The maximum Gasteiger partial charge on any atom is 0.321 e. The van der Waals surface area contributed by atoms with Gasteiger partial charge < -0.3 is 5.32 Å². The van der Waals surface area contributed by atoms with Crippen molar-refractivity contribution in [3.63, 3.8) is 0 Å². The van der Waals surface area contributed by atoms with Gasteiger partial charge in [0.25, 0.3) is 5.56 Å². The number of carbonyl (C=O) groups excluding carboxylic acids is 2. The molecule has 0 unspecified atom stereocenters. The number of nitrogens with one attached hydrogen (secondary N) is 2. The molecule has 0 atom stereocenters. The SMILES string of the molecule is C=CCNC(=O)NC(=O)Cn1cnc2ccc(C)cc2c1=O. The van der Waals surface area contributed by atoms with Crippen LogP contribution in [-0.2, 0) is 11.3 Å². The summed E-state index contributed by atoms with van der Waals surface area (Å²) in [6.45, 7) is 5.28. The van der Waals surface area contributed by atoms with Crippen LogP contribution in [0.25, 0.3) is 10.9 Å². The second-order valence-electron chi connectivity index (χ2n) is 4.75. The van der Waals surface area contributed by atoms with E-state index in [1.165, 1.54) is 12.4 Å². The summed E-state index contributed by atoms with van der Waals surface area (Å²) in [6.07, 6.45) is 2.78. The lowest BCUT2D eigenvalue weighted by atomic mass is 10.2. The van der Waals surface area contributed by atoms with E-state index in [1.807, 2.05) is 13.0 Å². The van der Waals surface area contributed by atoms with Crippen molar-refractivity contribution in [2.24, 2.45) is 0 Å². The Morgan fingerprint density at radius 2 is 2.18 bits per heavy atom. The Labute approximate surface area is 126 Å². The molecule has 0 aliphatic rings. The zero-order valence-electron chi connectivity index (χ0n) is 12.1. The molecular formula is C15H16N4O3. The van der Waals surface area contributed by atoms with Crippen molar-refractivity contribution in [2.45, 2.75) is 13.5 Å². The van der Waals surface area contributed by atoms with Gasteiger partial charge in [0.2, 0.25) is 5.91 Å². The van der Waals surface area contributed by atoms with Crippen LogP contribution in [0.1, 0.15) is 5.56 Å². The van der Waals surface area contributed by atoms with E-state index in [0.29, 0.717) is 10.9 Å². The van der Waals surface area contributed by atoms with Crippen LogP contribution in [0, 0.1) is 6.92 Å². The third kappa shape index (κ3) is 3.57. The third-order valence-corrected chi connectivity index (χ3v) is 2.95. The van der Waals surface area contributed by atoms with Crippen LogP contribution in [0.2, 0.25) is 0 Å². The molecule has 2 N–H and O–H groups in total. The molecular weight excluding hydrogens is 284 g/mol. The molecule has 1 aromatic heterocycles. The van der Waals surface area contributed by atoms with Gasteiger partial charge in [0.15, 0.2) is 0 Å². The standard InChI is InChI=1S/C15H16N4O3/c1-3-6-16-15(22)18-13(20)8-19-9-17-12-5-4-10(2)7-11(12)14(19)21/h3-5,7,9H,1,6,8H2,2H3,(H2,16,18,20,22). The van der Waals surface area contributed by atoms with Crippen molar-refractivity contribution < 1.29 is 9.59 Å². The highest BCUT2D eigenvalue weighted by molar-refractivity contribution is 5.94. The van der Waals surface area contributed by atoms with Crippen LogP contribution < -0.4 is 16.2 Å². The first kappa shape index (κ1) is 15.4. The Kier molecular flexibility index (Phi) is 4.67. The third-order valence-electron chi connectivity index (χ3n) is 2.95. The number of benzene rings is 1. The number of hydrogen-bond acceptors (Lipinski definition) is 4. The summed E-state index contributed by atoms with van der Waals surface area (Å²) in [5.41, 5.74) is 1.17. The van der Waals surface area contributed by atoms with Crippen LogP contribution in [0.3, 0.4) is 0 Å². The molecule has 1 aromatic carbocycles. The summed E-state index contributed by atoms with van der Waals surface area (Å²) >= 11 is 0. The highest BCUT2D eigenvalue weighted by Gasteiger charge is 2.10. The monoisotopic (exact) mass is 300 g/mol. The van der Waals surface area contributed by atoms with Crippen LogP contribution in [-0.4, -0.2) is 28.0 Å². The van der Waals surface area contributed by atoms with Crippen molar-refractivity contribution >= 4 is 22.8 Å². The van der Waals surface area contributed by atoms with E-state index in [9.17, 15) is 14.4 Å². The highest BCUT2D eigenvalue weighted by atomic mass is 16.2. The summed E-state index contributed by atoms with van der Waals surface area (Å²) in [5.74, 6) is -0.600. The van der Waals surface area contributed by atoms with Crippen molar-refractivity contribution in [2.75, 3.05) is 6.54 Å². The van der Waals surface area contributed by atoms with Gasteiger partial charge in [-0.25, -0.2) is 9.78 Å². The smallest absolute Gasteiger partial charge is 0.321 e. The van der Waals surface area contributed by atoms with Crippen LogP contribution in [0.4, 0.5) is 4.79 Å². The predicted octanol–water partition coefficient (Wildman–Crippen LogP) is 0.717. The lowest BCUT2D eigenvalue weighted by molar-refractivity contribution is -0.120. The van der Waals surface area contributed by atoms with Crippen LogP contribution >= 0.6 is 0 Å². The quantitative estimate of drug-likeness (QED) is 0.814.